The van der Waals surface area contributed by atoms with Crippen molar-refractivity contribution in [3.05, 3.63) is 63.9 Å². The number of hydrogen-bond donors (Lipinski definition) is 4. The highest BCUT2D eigenvalue weighted by Crippen LogP contribution is 2.26. The first kappa shape index (κ1) is 30.3. The summed E-state index contributed by atoms with van der Waals surface area (Å²) in [5, 5.41) is 35.3. The van der Waals surface area contributed by atoms with E-state index in [9.17, 15) is 14.4 Å². The van der Waals surface area contributed by atoms with Crippen LogP contribution in [0.4, 0.5) is 0 Å². The standard InChI is InChI=1S/C17H21Cl2N3.C6H8O7/c1-21(2)10-11-22(12-14-6-8-20-9-7-14)13-15-16(18)4-3-5-17(15)19;7-3(8)1-6(13,5(11)12)2-4(9)10/h3-9H,10-13H2,1-2H3;13H,1-2H2,(H,7,8)(H,9,10)(H,11,12). The summed E-state index contributed by atoms with van der Waals surface area (Å²) in [5.41, 5.74) is -0.520. The Bertz CT molecular complexity index is 954. The molecule has 0 saturated heterocycles. The molecule has 0 unspecified atom stereocenters. The molecule has 192 valence electrons. The van der Waals surface area contributed by atoms with Gasteiger partial charge in [0.15, 0.2) is 5.60 Å². The summed E-state index contributed by atoms with van der Waals surface area (Å²) >= 11 is 12.6. The van der Waals surface area contributed by atoms with Gasteiger partial charge in [-0.1, -0.05) is 29.3 Å². The van der Waals surface area contributed by atoms with Gasteiger partial charge in [-0.15, -0.1) is 0 Å². The Morgan fingerprint density at radius 2 is 1.40 bits per heavy atom. The molecule has 35 heavy (non-hydrogen) atoms. The second-order valence-corrected chi connectivity index (χ2v) is 8.86. The lowest BCUT2D eigenvalue weighted by molar-refractivity contribution is -0.170. The summed E-state index contributed by atoms with van der Waals surface area (Å²) in [7, 11) is 4.15. The van der Waals surface area contributed by atoms with E-state index in [0.717, 1.165) is 41.8 Å². The molecule has 0 aliphatic heterocycles. The molecule has 4 N–H and O–H groups in total. The summed E-state index contributed by atoms with van der Waals surface area (Å²) in [4.78, 5) is 39.1. The smallest absolute Gasteiger partial charge is 0.336 e. The number of likely N-dealkylation sites (N-methyl/N-ethyl adjacent to an activating group) is 1. The van der Waals surface area contributed by atoms with Crippen molar-refractivity contribution in [1.82, 2.24) is 14.8 Å². The van der Waals surface area contributed by atoms with Gasteiger partial charge in [-0.05, 0) is 43.9 Å². The number of aliphatic hydroxyl groups is 1. The molecule has 10 nitrogen and oxygen atoms in total. The van der Waals surface area contributed by atoms with E-state index in [-0.39, 0.29) is 0 Å². The molecule has 0 radical (unpaired) electrons. The summed E-state index contributed by atoms with van der Waals surface area (Å²) < 4.78 is 0. The molecule has 0 aliphatic carbocycles. The molecule has 12 heteroatoms. The minimum atomic E-state index is -2.74. The number of aromatic nitrogens is 1. The van der Waals surface area contributed by atoms with Gasteiger partial charge >= 0.3 is 17.9 Å². The monoisotopic (exact) mass is 529 g/mol. The third kappa shape index (κ3) is 11.5. The van der Waals surface area contributed by atoms with Crippen molar-refractivity contribution in [1.29, 1.82) is 0 Å². The number of carbonyl (C=O) groups is 3. The Labute approximate surface area is 213 Å². The van der Waals surface area contributed by atoms with Crippen LogP contribution >= 0.6 is 23.2 Å². The van der Waals surface area contributed by atoms with Crippen LogP contribution in [0.1, 0.15) is 24.0 Å². The number of nitrogens with zero attached hydrogens (tertiary/aromatic N) is 3. The van der Waals surface area contributed by atoms with E-state index in [1.165, 1.54) is 5.56 Å². The van der Waals surface area contributed by atoms with Crippen LogP contribution in [0, 0.1) is 0 Å². The van der Waals surface area contributed by atoms with E-state index in [1.807, 2.05) is 42.7 Å². The number of rotatable bonds is 12. The molecule has 0 spiro atoms. The van der Waals surface area contributed by atoms with Crippen LogP contribution in [-0.2, 0) is 27.5 Å². The summed E-state index contributed by atoms with van der Waals surface area (Å²) in [6.45, 7) is 3.50. The molecule has 0 atom stereocenters. The molecule has 1 aromatic carbocycles. The van der Waals surface area contributed by atoms with E-state index in [4.69, 9.17) is 43.6 Å². The first-order chi connectivity index (χ1) is 16.3. The fourth-order valence-corrected chi connectivity index (χ4v) is 3.44. The van der Waals surface area contributed by atoms with Gasteiger partial charge in [-0.2, -0.15) is 0 Å². The van der Waals surface area contributed by atoms with Crippen LogP contribution < -0.4 is 0 Å². The maximum atomic E-state index is 10.3. The number of carboxylic acids is 3. The molecular formula is C23H29Cl2N3O7. The number of halogens is 2. The summed E-state index contributed by atoms with van der Waals surface area (Å²) in [6.07, 6.45) is 1.35. The van der Waals surface area contributed by atoms with Gasteiger partial charge in [-0.25, -0.2) is 4.79 Å². The SMILES string of the molecule is CN(C)CCN(Cc1ccncc1)Cc1c(Cl)cccc1Cl.O=C(O)CC(O)(CC(=O)O)C(=O)O. The fourth-order valence-electron chi connectivity index (χ4n) is 2.92. The van der Waals surface area contributed by atoms with Crippen LogP contribution in [0.25, 0.3) is 0 Å². The summed E-state index contributed by atoms with van der Waals surface area (Å²) in [5.74, 6) is -5.02. The normalized spacial score (nSPS) is 11.2. The first-order valence-electron chi connectivity index (χ1n) is 10.4. The Hall–Kier alpha value is -2.76. The molecule has 0 bridgehead atoms. The molecular weight excluding hydrogens is 501 g/mol. The number of benzene rings is 1. The second kappa shape index (κ2) is 14.6. The van der Waals surface area contributed by atoms with E-state index in [1.54, 1.807) is 0 Å². The predicted molar refractivity (Wildman–Crippen MR) is 130 cm³/mol. The van der Waals surface area contributed by atoms with Crippen molar-refractivity contribution in [3.63, 3.8) is 0 Å². The van der Waals surface area contributed by atoms with Crippen LogP contribution in [-0.4, -0.2) is 85.9 Å². The largest absolute Gasteiger partial charge is 0.481 e. The third-order valence-electron chi connectivity index (χ3n) is 4.75. The number of aliphatic carboxylic acids is 3. The van der Waals surface area contributed by atoms with Crippen molar-refractivity contribution >= 4 is 41.1 Å². The number of pyridine rings is 1. The van der Waals surface area contributed by atoms with Gasteiger partial charge in [0.05, 0.1) is 12.8 Å². The number of hydrogen-bond acceptors (Lipinski definition) is 7. The van der Waals surface area contributed by atoms with Gasteiger partial charge in [-0.3, -0.25) is 19.5 Å². The Kier molecular flexibility index (Phi) is 12.6. The van der Waals surface area contributed by atoms with Crippen LogP contribution in [0.15, 0.2) is 42.7 Å². The van der Waals surface area contributed by atoms with Gasteiger partial charge < -0.3 is 25.3 Å². The molecule has 0 aliphatic rings. The maximum absolute atomic E-state index is 10.3. The van der Waals surface area contributed by atoms with Crippen LogP contribution in [0.5, 0.6) is 0 Å². The van der Waals surface area contributed by atoms with Crippen molar-refractivity contribution in [3.8, 4) is 0 Å². The van der Waals surface area contributed by atoms with Crippen molar-refractivity contribution in [2.45, 2.75) is 31.5 Å². The zero-order valence-corrected chi connectivity index (χ0v) is 20.9. The van der Waals surface area contributed by atoms with Crippen molar-refractivity contribution in [2.75, 3.05) is 27.2 Å². The quantitative estimate of drug-likeness (QED) is 0.322. The lowest BCUT2D eigenvalue weighted by atomic mass is 9.96. The minimum absolute atomic E-state index is 0.720. The topological polar surface area (TPSA) is 152 Å². The summed E-state index contributed by atoms with van der Waals surface area (Å²) in [6, 6.07) is 9.73. The minimum Gasteiger partial charge on any atom is -0.481 e. The highest BCUT2D eigenvalue weighted by Gasteiger charge is 2.40. The maximum Gasteiger partial charge on any atom is 0.336 e. The van der Waals surface area contributed by atoms with Crippen LogP contribution in [0.3, 0.4) is 0 Å². The van der Waals surface area contributed by atoms with Crippen molar-refractivity contribution < 1.29 is 34.8 Å². The third-order valence-corrected chi connectivity index (χ3v) is 5.46. The zero-order chi connectivity index (χ0) is 26.6. The number of carboxylic acid groups (broad SMARTS) is 3. The highest BCUT2D eigenvalue weighted by molar-refractivity contribution is 6.35. The fraction of sp³-hybridized carbons (Fsp3) is 0.391. The highest BCUT2D eigenvalue weighted by atomic mass is 35.5. The van der Waals surface area contributed by atoms with Gasteiger partial charge in [0.25, 0.3) is 0 Å². The molecule has 1 aromatic heterocycles. The average molecular weight is 530 g/mol. The van der Waals surface area contributed by atoms with E-state index in [2.05, 4.69) is 28.9 Å². The lowest BCUT2D eigenvalue weighted by Crippen LogP contribution is -2.42. The molecule has 2 rings (SSSR count). The lowest BCUT2D eigenvalue weighted by Gasteiger charge is -2.25. The predicted octanol–water partition coefficient (Wildman–Crippen LogP) is 2.70. The van der Waals surface area contributed by atoms with Gasteiger partial charge in [0.1, 0.15) is 0 Å². The van der Waals surface area contributed by atoms with E-state index < -0.39 is 36.4 Å². The van der Waals surface area contributed by atoms with E-state index in [0.29, 0.717) is 0 Å². The average Bonchev–Trinajstić information content (AvgIpc) is 2.74. The molecule has 0 amide bonds. The Balaban J connectivity index is 0.000000405. The van der Waals surface area contributed by atoms with Gasteiger partial charge in [0.2, 0.25) is 0 Å². The van der Waals surface area contributed by atoms with Gasteiger partial charge in [0, 0.05) is 54.2 Å². The Morgan fingerprint density at radius 1 is 0.886 bits per heavy atom. The molecule has 0 saturated carbocycles. The van der Waals surface area contributed by atoms with Crippen LogP contribution in [0.2, 0.25) is 10.0 Å². The molecule has 2 aromatic rings. The van der Waals surface area contributed by atoms with Crippen molar-refractivity contribution in [2.24, 2.45) is 0 Å². The second-order valence-electron chi connectivity index (χ2n) is 8.05. The Morgan fingerprint density at radius 3 is 1.83 bits per heavy atom. The molecule has 0 fully saturated rings. The zero-order valence-electron chi connectivity index (χ0n) is 19.4. The first-order valence-corrected chi connectivity index (χ1v) is 11.2. The van der Waals surface area contributed by atoms with E-state index >= 15 is 0 Å². The molecule has 1 heterocycles.